The number of halogens is 2. The number of aromatic amines is 1. The number of aliphatic imine (C=N–C) groups is 1. The molecule has 1 saturated carbocycles. The first kappa shape index (κ1) is 26.9. The summed E-state index contributed by atoms with van der Waals surface area (Å²) in [7, 11) is 0. The maximum Gasteiger partial charge on any atom is 0.275 e. The van der Waals surface area contributed by atoms with Gasteiger partial charge in [-0.15, -0.1) is 10.2 Å². The van der Waals surface area contributed by atoms with E-state index >= 15 is 0 Å². The van der Waals surface area contributed by atoms with Gasteiger partial charge in [-0.25, -0.2) is 4.39 Å². The third-order valence-corrected chi connectivity index (χ3v) is 7.75. The van der Waals surface area contributed by atoms with Crippen LogP contribution in [0, 0.1) is 17.7 Å². The summed E-state index contributed by atoms with van der Waals surface area (Å²) in [6.07, 6.45) is 3.16. The van der Waals surface area contributed by atoms with E-state index < -0.39 is 11.5 Å². The highest BCUT2D eigenvalue weighted by molar-refractivity contribution is 6.47. The van der Waals surface area contributed by atoms with Gasteiger partial charge in [-0.2, -0.15) is 5.21 Å². The zero-order chi connectivity index (χ0) is 27.7. The molecule has 2 aromatic carbocycles. The van der Waals surface area contributed by atoms with E-state index in [-0.39, 0.29) is 35.1 Å². The molecule has 1 aliphatic heterocycles. The van der Waals surface area contributed by atoms with Crippen LogP contribution in [0.15, 0.2) is 47.5 Å². The molecule has 1 aromatic heterocycles. The van der Waals surface area contributed by atoms with Crippen molar-refractivity contribution in [2.75, 3.05) is 0 Å². The quantitative estimate of drug-likeness (QED) is 0.435. The molecule has 0 bridgehead atoms. The number of hydrogen-bond donors (Lipinski definition) is 2. The Hall–Kier alpha value is -3.66. The van der Waals surface area contributed by atoms with Gasteiger partial charge in [0.25, 0.3) is 11.8 Å². The van der Waals surface area contributed by atoms with Crippen LogP contribution in [0.1, 0.15) is 79.8 Å². The molecule has 39 heavy (non-hydrogen) atoms. The molecule has 11 heteroatoms. The first-order valence-corrected chi connectivity index (χ1v) is 13.6. The number of nitrogens with one attached hydrogen (secondary N) is 2. The Bertz CT molecular complexity index is 1360. The van der Waals surface area contributed by atoms with Crippen LogP contribution in [0.25, 0.3) is 0 Å². The Morgan fingerprint density at radius 1 is 1.21 bits per heavy atom. The van der Waals surface area contributed by atoms with Crippen molar-refractivity contribution in [2.45, 2.75) is 64.7 Å². The number of tetrazole rings is 1. The summed E-state index contributed by atoms with van der Waals surface area (Å²) in [5.74, 6) is 0.113. The summed E-state index contributed by atoms with van der Waals surface area (Å²) in [6.45, 7) is 6.56. The summed E-state index contributed by atoms with van der Waals surface area (Å²) in [5, 5.41) is 16.5. The van der Waals surface area contributed by atoms with E-state index in [1.54, 1.807) is 18.2 Å². The molecule has 2 aliphatic rings. The van der Waals surface area contributed by atoms with Crippen molar-refractivity contribution >= 4 is 29.1 Å². The van der Waals surface area contributed by atoms with Crippen LogP contribution in [0.3, 0.4) is 0 Å². The number of rotatable bonds is 7. The number of aromatic nitrogens is 4. The second kappa shape index (κ2) is 10.8. The highest BCUT2D eigenvalue weighted by Gasteiger charge is 2.53. The zero-order valence-electron chi connectivity index (χ0n) is 22.1. The van der Waals surface area contributed by atoms with Crippen LogP contribution in [0.2, 0.25) is 5.02 Å². The lowest BCUT2D eigenvalue weighted by Crippen LogP contribution is -2.52. The molecule has 9 nitrogen and oxygen atoms in total. The van der Waals surface area contributed by atoms with E-state index in [2.05, 4.69) is 39.8 Å². The lowest BCUT2D eigenvalue weighted by Gasteiger charge is -2.47. The maximum absolute atomic E-state index is 14.3. The fourth-order valence-electron chi connectivity index (χ4n) is 6.21. The Morgan fingerprint density at radius 2 is 1.92 bits per heavy atom. The van der Waals surface area contributed by atoms with Crippen LogP contribution < -0.4 is 5.32 Å². The van der Waals surface area contributed by atoms with Gasteiger partial charge in [0.15, 0.2) is 5.82 Å². The standard InChI is InChI=1S/C28H31ClFN7O2/c1-4-23(18-5-7-19(8-6-18)26(38)31-15-24-33-35-36-34-24)37-27(39)25(20-10-21(29)12-22(30)11-20)32-28(37)13-16(2)9-17(3)14-28/h5-8,10-12,16-17,23H,4,9,13-15H2,1-3H3,(H,31,38)(H,33,34,35,36)/t16?,17?,23-,28?/m1/s1. The van der Waals surface area contributed by atoms with Crippen LogP contribution in [-0.4, -0.2) is 48.7 Å². The van der Waals surface area contributed by atoms with Gasteiger partial charge in [0.1, 0.15) is 17.2 Å². The maximum atomic E-state index is 14.3. The van der Waals surface area contributed by atoms with E-state index in [4.69, 9.17) is 16.6 Å². The number of benzene rings is 2. The van der Waals surface area contributed by atoms with Gasteiger partial charge in [-0.05, 0) is 73.4 Å². The molecule has 3 atom stereocenters. The fraction of sp³-hybridized carbons (Fsp3) is 0.429. The monoisotopic (exact) mass is 551 g/mol. The number of carbonyl (C=O) groups excluding carboxylic acids is 2. The highest BCUT2D eigenvalue weighted by Crippen LogP contribution is 2.48. The number of amides is 2. The SMILES string of the molecule is CC[C@H](c1ccc(C(=O)NCc2nn[nH]n2)cc1)N1C(=O)C(c2cc(F)cc(Cl)c2)=NC12CC(C)CC(C)C2. The van der Waals surface area contributed by atoms with Crippen molar-refractivity contribution in [1.29, 1.82) is 0 Å². The average Bonchev–Trinajstić information content (AvgIpc) is 3.49. The molecule has 1 fully saturated rings. The first-order chi connectivity index (χ1) is 18.7. The van der Waals surface area contributed by atoms with E-state index in [0.717, 1.165) is 24.8 Å². The minimum atomic E-state index is -0.733. The molecule has 0 radical (unpaired) electrons. The minimum Gasteiger partial charge on any atom is -0.345 e. The molecule has 3 aromatic rings. The van der Waals surface area contributed by atoms with Crippen LogP contribution in [-0.2, 0) is 11.3 Å². The largest absolute Gasteiger partial charge is 0.345 e. The van der Waals surface area contributed by atoms with Gasteiger partial charge >= 0.3 is 0 Å². The molecule has 1 spiro atoms. The molecule has 0 saturated heterocycles. The molecular formula is C28H31ClFN7O2. The number of carbonyl (C=O) groups is 2. The van der Waals surface area contributed by atoms with Crippen LogP contribution in [0.5, 0.6) is 0 Å². The predicted octanol–water partition coefficient (Wildman–Crippen LogP) is 4.86. The molecule has 2 heterocycles. The Labute approximate surface area is 231 Å². The van der Waals surface area contributed by atoms with Crippen molar-refractivity contribution in [3.63, 3.8) is 0 Å². The van der Waals surface area contributed by atoms with E-state index in [0.29, 0.717) is 35.2 Å². The Morgan fingerprint density at radius 3 is 2.54 bits per heavy atom. The highest BCUT2D eigenvalue weighted by atomic mass is 35.5. The van der Waals surface area contributed by atoms with E-state index in [9.17, 15) is 14.0 Å². The van der Waals surface area contributed by atoms with Crippen molar-refractivity contribution in [1.82, 2.24) is 30.8 Å². The molecular weight excluding hydrogens is 521 g/mol. The summed E-state index contributed by atoms with van der Waals surface area (Å²) >= 11 is 6.15. The molecule has 2 amide bonds. The van der Waals surface area contributed by atoms with Gasteiger partial charge in [0.2, 0.25) is 0 Å². The molecule has 2 unspecified atom stereocenters. The average molecular weight is 552 g/mol. The summed E-state index contributed by atoms with van der Waals surface area (Å²) < 4.78 is 14.3. The number of nitrogens with zero attached hydrogens (tertiary/aromatic N) is 5. The number of H-pyrrole nitrogens is 1. The normalized spacial score (nSPS) is 23.7. The van der Waals surface area contributed by atoms with Crippen LogP contribution in [0.4, 0.5) is 4.39 Å². The Kier molecular flexibility index (Phi) is 7.48. The van der Waals surface area contributed by atoms with E-state index in [1.807, 2.05) is 24.0 Å². The van der Waals surface area contributed by atoms with Crippen molar-refractivity contribution in [3.05, 3.63) is 75.8 Å². The summed E-state index contributed by atoms with van der Waals surface area (Å²) in [4.78, 5) is 33.7. The third-order valence-electron chi connectivity index (χ3n) is 7.53. The number of hydrogen-bond acceptors (Lipinski definition) is 6. The van der Waals surface area contributed by atoms with Gasteiger partial charge in [0.05, 0.1) is 12.6 Å². The predicted molar refractivity (Wildman–Crippen MR) is 145 cm³/mol. The van der Waals surface area contributed by atoms with Gasteiger partial charge < -0.3 is 10.2 Å². The lowest BCUT2D eigenvalue weighted by atomic mass is 9.75. The second-order valence-electron chi connectivity index (χ2n) is 10.7. The zero-order valence-corrected chi connectivity index (χ0v) is 22.9. The topological polar surface area (TPSA) is 116 Å². The van der Waals surface area contributed by atoms with Crippen LogP contribution >= 0.6 is 11.6 Å². The van der Waals surface area contributed by atoms with Crippen molar-refractivity contribution in [3.8, 4) is 0 Å². The molecule has 1 aliphatic carbocycles. The first-order valence-electron chi connectivity index (χ1n) is 13.2. The van der Waals surface area contributed by atoms with E-state index in [1.165, 1.54) is 12.1 Å². The fourth-order valence-corrected chi connectivity index (χ4v) is 6.43. The van der Waals surface area contributed by atoms with Gasteiger partial charge in [-0.1, -0.05) is 49.7 Å². The van der Waals surface area contributed by atoms with Crippen molar-refractivity contribution in [2.24, 2.45) is 16.8 Å². The third kappa shape index (κ3) is 5.43. The lowest BCUT2D eigenvalue weighted by molar-refractivity contribution is -0.134. The molecule has 204 valence electrons. The van der Waals surface area contributed by atoms with Crippen molar-refractivity contribution < 1.29 is 14.0 Å². The molecule has 5 rings (SSSR count). The van der Waals surface area contributed by atoms with Gasteiger partial charge in [0, 0.05) is 16.1 Å². The second-order valence-corrected chi connectivity index (χ2v) is 11.1. The minimum absolute atomic E-state index is 0.153. The Balaban J connectivity index is 1.46. The summed E-state index contributed by atoms with van der Waals surface area (Å²) in [6, 6.07) is 11.1. The van der Waals surface area contributed by atoms with Gasteiger partial charge in [-0.3, -0.25) is 14.6 Å². The molecule has 2 N–H and O–H groups in total. The summed E-state index contributed by atoms with van der Waals surface area (Å²) in [5.41, 5.74) is 1.28. The smallest absolute Gasteiger partial charge is 0.275 e.